The molecule has 0 unspecified atom stereocenters. The summed E-state index contributed by atoms with van der Waals surface area (Å²) < 4.78 is 5.37. The van der Waals surface area contributed by atoms with E-state index in [0.29, 0.717) is 4.99 Å². The van der Waals surface area contributed by atoms with Crippen LogP contribution < -0.4 is 15.8 Å². The second-order valence-electron chi connectivity index (χ2n) is 4.85. The van der Waals surface area contributed by atoms with Crippen LogP contribution >= 0.6 is 12.2 Å². The van der Waals surface area contributed by atoms with Crippen molar-refractivity contribution in [1.29, 1.82) is 0 Å². The van der Waals surface area contributed by atoms with Gasteiger partial charge in [-0.15, -0.1) is 0 Å². The molecule has 0 bridgehead atoms. The largest absolute Gasteiger partial charge is 0.496 e. The Hall–Kier alpha value is -2.07. The van der Waals surface area contributed by atoms with Crippen LogP contribution in [-0.4, -0.2) is 18.6 Å². The highest BCUT2D eigenvalue weighted by Gasteiger charge is 2.08. The van der Waals surface area contributed by atoms with Crippen LogP contribution in [0.5, 0.6) is 5.75 Å². The molecule has 0 heterocycles. The predicted molar refractivity (Wildman–Crippen MR) is 92.3 cm³/mol. The number of rotatable bonds is 6. The molecule has 110 valence electrons. The minimum Gasteiger partial charge on any atom is -0.496 e. The Morgan fingerprint density at radius 1 is 1.19 bits per heavy atom. The molecule has 21 heavy (non-hydrogen) atoms. The van der Waals surface area contributed by atoms with E-state index in [9.17, 15) is 0 Å². The van der Waals surface area contributed by atoms with E-state index in [-0.39, 0.29) is 0 Å². The number of para-hydroxylation sites is 2. The molecular formula is C17H20N2OS. The summed E-state index contributed by atoms with van der Waals surface area (Å²) in [6.45, 7) is 2.84. The van der Waals surface area contributed by atoms with Gasteiger partial charge in [0.25, 0.3) is 0 Å². The molecule has 0 spiro atoms. The summed E-state index contributed by atoms with van der Waals surface area (Å²) in [6.07, 6.45) is 0.870. The third kappa shape index (κ3) is 3.73. The smallest absolute Gasteiger partial charge is 0.122 e. The number of hydrogen-bond acceptors (Lipinski definition) is 3. The van der Waals surface area contributed by atoms with Crippen LogP contribution in [0.1, 0.15) is 16.7 Å². The molecule has 0 amide bonds. The van der Waals surface area contributed by atoms with E-state index in [1.165, 1.54) is 5.56 Å². The number of nitrogens with two attached hydrogens (primary N) is 1. The van der Waals surface area contributed by atoms with Gasteiger partial charge in [-0.05, 0) is 36.6 Å². The number of thiocarbonyl (C=S) groups is 1. The fourth-order valence-electron chi connectivity index (χ4n) is 2.34. The van der Waals surface area contributed by atoms with Gasteiger partial charge in [-0.3, -0.25) is 0 Å². The van der Waals surface area contributed by atoms with E-state index in [1.807, 2.05) is 43.3 Å². The van der Waals surface area contributed by atoms with Crippen molar-refractivity contribution in [3.05, 3.63) is 59.2 Å². The Morgan fingerprint density at radius 2 is 1.95 bits per heavy atom. The quantitative estimate of drug-likeness (QED) is 0.804. The number of nitrogens with one attached hydrogen (secondary N) is 1. The number of anilines is 1. The lowest BCUT2D eigenvalue weighted by molar-refractivity contribution is 0.410. The lowest BCUT2D eigenvalue weighted by Crippen LogP contribution is -2.15. The molecule has 0 saturated carbocycles. The Kier molecular flexibility index (Phi) is 5.17. The molecule has 0 aliphatic heterocycles. The van der Waals surface area contributed by atoms with Gasteiger partial charge in [-0.1, -0.05) is 42.5 Å². The highest BCUT2D eigenvalue weighted by Crippen LogP contribution is 2.22. The fourth-order valence-corrected chi connectivity index (χ4v) is 2.51. The standard InChI is InChI=1S/C17H20N2OS/c1-12-6-5-8-14(17(18)21)16(12)19-11-10-13-7-3-4-9-15(13)20-2/h3-9,19H,10-11H2,1-2H3,(H2,18,21). The number of benzene rings is 2. The topological polar surface area (TPSA) is 47.3 Å². The Balaban J connectivity index is 2.09. The SMILES string of the molecule is COc1ccccc1CCNc1c(C)cccc1C(N)=S. The third-order valence-electron chi connectivity index (χ3n) is 3.43. The maximum atomic E-state index is 5.78. The molecule has 0 aliphatic rings. The minimum absolute atomic E-state index is 0.415. The molecule has 0 saturated heterocycles. The van der Waals surface area contributed by atoms with Crippen molar-refractivity contribution in [2.45, 2.75) is 13.3 Å². The molecule has 2 aromatic carbocycles. The second kappa shape index (κ2) is 7.09. The third-order valence-corrected chi connectivity index (χ3v) is 3.65. The molecule has 3 N–H and O–H groups in total. The monoisotopic (exact) mass is 300 g/mol. The van der Waals surface area contributed by atoms with E-state index in [4.69, 9.17) is 22.7 Å². The van der Waals surface area contributed by atoms with Gasteiger partial charge < -0.3 is 15.8 Å². The maximum absolute atomic E-state index is 5.78. The highest BCUT2D eigenvalue weighted by molar-refractivity contribution is 7.80. The van der Waals surface area contributed by atoms with E-state index in [2.05, 4.69) is 11.4 Å². The molecule has 0 radical (unpaired) electrons. The first-order valence-corrected chi connectivity index (χ1v) is 7.29. The molecule has 2 aromatic rings. The first kappa shape index (κ1) is 15.3. The second-order valence-corrected chi connectivity index (χ2v) is 5.29. The van der Waals surface area contributed by atoms with Crippen molar-refractivity contribution >= 4 is 22.9 Å². The van der Waals surface area contributed by atoms with Crippen LogP contribution in [0, 0.1) is 6.92 Å². The first-order chi connectivity index (χ1) is 10.1. The van der Waals surface area contributed by atoms with Crippen molar-refractivity contribution in [3.8, 4) is 5.75 Å². The highest BCUT2D eigenvalue weighted by atomic mass is 32.1. The molecule has 3 nitrogen and oxygen atoms in total. The van der Waals surface area contributed by atoms with Crippen molar-refractivity contribution in [2.75, 3.05) is 19.0 Å². The Morgan fingerprint density at radius 3 is 2.67 bits per heavy atom. The molecule has 0 aromatic heterocycles. The molecule has 0 atom stereocenters. The summed E-state index contributed by atoms with van der Waals surface area (Å²) >= 11 is 5.11. The zero-order valence-electron chi connectivity index (χ0n) is 12.3. The summed E-state index contributed by atoms with van der Waals surface area (Å²) in [4.78, 5) is 0.415. The summed E-state index contributed by atoms with van der Waals surface area (Å²) in [5, 5.41) is 3.44. The normalized spacial score (nSPS) is 10.2. The summed E-state index contributed by atoms with van der Waals surface area (Å²) in [6, 6.07) is 14.0. The van der Waals surface area contributed by atoms with Gasteiger partial charge >= 0.3 is 0 Å². The van der Waals surface area contributed by atoms with Crippen LogP contribution in [0.15, 0.2) is 42.5 Å². The Labute approximate surface area is 131 Å². The molecule has 0 aliphatic carbocycles. The van der Waals surface area contributed by atoms with Crippen LogP contribution in [0.25, 0.3) is 0 Å². The van der Waals surface area contributed by atoms with E-state index >= 15 is 0 Å². The molecule has 4 heteroatoms. The van der Waals surface area contributed by atoms with Crippen LogP contribution in [-0.2, 0) is 6.42 Å². The van der Waals surface area contributed by atoms with E-state index in [1.54, 1.807) is 7.11 Å². The van der Waals surface area contributed by atoms with Crippen molar-refractivity contribution in [3.63, 3.8) is 0 Å². The van der Waals surface area contributed by atoms with Crippen LogP contribution in [0.2, 0.25) is 0 Å². The zero-order chi connectivity index (χ0) is 15.2. The van der Waals surface area contributed by atoms with E-state index < -0.39 is 0 Å². The average Bonchev–Trinajstić information content (AvgIpc) is 2.49. The predicted octanol–water partition coefficient (Wildman–Crippen LogP) is 3.29. The number of ether oxygens (including phenoxy) is 1. The van der Waals surface area contributed by atoms with Gasteiger partial charge in [0.1, 0.15) is 10.7 Å². The van der Waals surface area contributed by atoms with Gasteiger partial charge in [0.05, 0.1) is 7.11 Å². The van der Waals surface area contributed by atoms with Crippen molar-refractivity contribution in [1.82, 2.24) is 0 Å². The molecular weight excluding hydrogens is 280 g/mol. The van der Waals surface area contributed by atoms with Gasteiger partial charge in [-0.2, -0.15) is 0 Å². The van der Waals surface area contributed by atoms with Gasteiger partial charge in [0.15, 0.2) is 0 Å². The summed E-state index contributed by atoms with van der Waals surface area (Å²) in [5.74, 6) is 0.915. The zero-order valence-corrected chi connectivity index (χ0v) is 13.2. The lowest BCUT2D eigenvalue weighted by atomic mass is 10.1. The van der Waals surface area contributed by atoms with Crippen molar-refractivity contribution < 1.29 is 4.74 Å². The van der Waals surface area contributed by atoms with Gasteiger partial charge in [0.2, 0.25) is 0 Å². The first-order valence-electron chi connectivity index (χ1n) is 6.88. The lowest BCUT2D eigenvalue weighted by Gasteiger charge is -2.15. The van der Waals surface area contributed by atoms with Crippen LogP contribution in [0.4, 0.5) is 5.69 Å². The number of methoxy groups -OCH3 is 1. The number of hydrogen-bond donors (Lipinski definition) is 2. The van der Waals surface area contributed by atoms with Gasteiger partial charge in [-0.25, -0.2) is 0 Å². The van der Waals surface area contributed by atoms with Gasteiger partial charge in [0, 0.05) is 17.8 Å². The molecule has 2 rings (SSSR count). The summed E-state index contributed by atoms with van der Waals surface area (Å²) in [7, 11) is 1.69. The summed E-state index contributed by atoms with van der Waals surface area (Å²) in [5.41, 5.74) is 10.0. The van der Waals surface area contributed by atoms with Crippen LogP contribution in [0.3, 0.4) is 0 Å². The van der Waals surface area contributed by atoms with E-state index in [0.717, 1.165) is 35.5 Å². The minimum atomic E-state index is 0.415. The van der Waals surface area contributed by atoms with Crippen molar-refractivity contribution in [2.24, 2.45) is 5.73 Å². The average molecular weight is 300 g/mol. The molecule has 0 fully saturated rings. The number of aryl methyl sites for hydroxylation is 1. The Bertz CT molecular complexity index is 640. The fraction of sp³-hybridized carbons (Fsp3) is 0.235. The maximum Gasteiger partial charge on any atom is 0.122 e.